The maximum Gasteiger partial charge on any atom is 0.410 e. The second-order valence-electron chi connectivity index (χ2n) is 18.6. The van der Waals surface area contributed by atoms with Gasteiger partial charge in [0, 0.05) is 49.3 Å². The number of carbonyl (C=O) groups is 5. The molecule has 1 aromatic heterocycles. The molecule has 2 aliphatic rings. The van der Waals surface area contributed by atoms with Crippen LogP contribution in [0.25, 0.3) is 22.0 Å². The minimum Gasteiger partial charge on any atom is -0.444 e. The predicted molar refractivity (Wildman–Crippen MR) is 238 cm³/mol. The molecule has 3 aromatic carbocycles. The zero-order chi connectivity index (χ0) is 44.8. The molecule has 0 radical (unpaired) electrons. The first-order valence-corrected chi connectivity index (χ1v) is 21.6. The highest BCUT2D eigenvalue weighted by Crippen LogP contribution is 2.30. The summed E-state index contributed by atoms with van der Waals surface area (Å²) in [6, 6.07) is 17.4. The summed E-state index contributed by atoms with van der Waals surface area (Å²) in [4.78, 5) is 79.3. The smallest absolute Gasteiger partial charge is 0.410 e. The molecule has 1 aliphatic heterocycles. The highest BCUT2D eigenvalue weighted by molar-refractivity contribution is 5.99. The summed E-state index contributed by atoms with van der Waals surface area (Å²) in [6.45, 7) is 14.4. The quantitative estimate of drug-likeness (QED) is 0.0929. The van der Waals surface area contributed by atoms with E-state index in [0.29, 0.717) is 67.5 Å². The molecule has 0 bridgehead atoms. The summed E-state index contributed by atoms with van der Waals surface area (Å²) in [6.07, 6.45) is 3.48. The number of amides is 5. The van der Waals surface area contributed by atoms with Crippen LogP contribution in [0.15, 0.2) is 65.5 Å². The van der Waals surface area contributed by atoms with Crippen molar-refractivity contribution in [3.8, 4) is 11.1 Å². The number of benzene rings is 3. The van der Waals surface area contributed by atoms with Crippen molar-refractivity contribution in [2.75, 3.05) is 25.0 Å². The molecule has 0 spiro atoms. The van der Waals surface area contributed by atoms with Crippen LogP contribution < -0.4 is 26.8 Å². The molecule has 1 aliphatic carbocycles. The van der Waals surface area contributed by atoms with E-state index in [2.05, 4.69) is 31.5 Å². The molecule has 6 rings (SSSR count). The van der Waals surface area contributed by atoms with Crippen LogP contribution in [0, 0.1) is 18.8 Å². The largest absolute Gasteiger partial charge is 0.444 e. The Balaban J connectivity index is 1.07. The fraction of sp³-hybridized carbons (Fsp3) is 0.489. The van der Waals surface area contributed by atoms with Gasteiger partial charge in [-0.15, -0.1) is 0 Å². The van der Waals surface area contributed by atoms with Gasteiger partial charge in [-0.3, -0.25) is 29.4 Å². The molecule has 4 aromatic rings. The highest BCUT2D eigenvalue weighted by Gasteiger charge is 2.31. The Morgan fingerprint density at radius 1 is 0.806 bits per heavy atom. The number of ether oxygens (including phenoxy) is 2. The van der Waals surface area contributed by atoms with Gasteiger partial charge in [0.2, 0.25) is 11.8 Å². The molecule has 1 saturated carbocycles. The lowest BCUT2D eigenvalue weighted by atomic mass is 9.81. The van der Waals surface area contributed by atoms with Crippen LogP contribution in [-0.2, 0) is 25.5 Å². The molecule has 1 saturated heterocycles. The molecule has 0 unspecified atom stereocenters. The van der Waals surface area contributed by atoms with E-state index in [0.717, 1.165) is 35.1 Å². The summed E-state index contributed by atoms with van der Waals surface area (Å²) in [5.41, 5.74) is 3.81. The van der Waals surface area contributed by atoms with E-state index in [1.54, 1.807) is 23.1 Å². The molecule has 5 amide bonds. The SMILES string of the molecule is Cc1cc(C(=O)NC2CCN(C(=O)OC(C)(C)C)CC2)ccc1-c1ccc(C[C@H](NC(=O)C2CCC(CNC(=O)OC(C)(C)C)CC2)C(=O)Nc2ccc3c(=O)[nH][nH]c3c2)cc1. The maximum absolute atomic E-state index is 13.9. The van der Waals surface area contributed by atoms with Crippen LogP contribution in [0.1, 0.15) is 102 Å². The average molecular weight is 852 g/mol. The van der Waals surface area contributed by atoms with Crippen molar-refractivity contribution < 1.29 is 33.4 Å². The third-order valence-corrected chi connectivity index (χ3v) is 11.3. The van der Waals surface area contributed by atoms with E-state index < -0.39 is 29.2 Å². The standard InChI is InChI=1S/C47H61N7O8/c1-28-24-33(41(56)49-34-20-22-54(23-21-34)45(60)62-47(5,6)7)16-18-36(28)31-12-8-29(9-13-31)25-39(43(58)50-35-17-19-37-38(26-35)52-53-42(37)57)51-40(55)32-14-10-30(11-15-32)27-48-44(59)61-46(2,3)4/h8-9,12-13,16-19,24,26,30,32,34,39H,10-11,14-15,20-23,25,27H2,1-7H3,(H,48,59)(H,49,56)(H,50,58)(H,51,55)(H2,52,53,57)/t30?,32?,39-/m0/s1. The number of H-pyrrole nitrogens is 2. The van der Waals surface area contributed by atoms with Crippen LogP contribution in [-0.4, -0.2) is 87.9 Å². The summed E-state index contributed by atoms with van der Waals surface area (Å²) in [5.74, 6) is -0.818. The lowest BCUT2D eigenvalue weighted by Gasteiger charge is -2.33. The number of hydrogen-bond acceptors (Lipinski definition) is 8. The van der Waals surface area contributed by atoms with Gasteiger partial charge in [0.15, 0.2) is 0 Å². The number of nitrogens with one attached hydrogen (secondary N) is 6. The Bertz CT molecular complexity index is 2300. The summed E-state index contributed by atoms with van der Waals surface area (Å²) in [5, 5.41) is 17.8. The lowest BCUT2D eigenvalue weighted by molar-refractivity contribution is -0.130. The number of nitrogens with zero attached hydrogens (tertiary/aromatic N) is 1. The van der Waals surface area contributed by atoms with Crippen molar-refractivity contribution in [2.24, 2.45) is 11.8 Å². The second kappa shape index (κ2) is 19.3. The van der Waals surface area contributed by atoms with Gasteiger partial charge >= 0.3 is 12.2 Å². The van der Waals surface area contributed by atoms with Gasteiger partial charge in [-0.1, -0.05) is 30.3 Å². The Hall–Kier alpha value is -6.12. The number of aromatic amines is 2. The third-order valence-electron chi connectivity index (χ3n) is 11.3. The van der Waals surface area contributed by atoms with Crippen molar-refractivity contribution in [3.05, 3.63) is 87.7 Å². The van der Waals surface area contributed by atoms with Crippen LogP contribution in [0.2, 0.25) is 0 Å². The Morgan fingerprint density at radius 2 is 1.48 bits per heavy atom. The van der Waals surface area contributed by atoms with Gasteiger partial charge in [0.05, 0.1) is 10.9 Å². The molecule has 15 nitrogen and oxygen atoms in total. The highest BCUT2D eigenvalue weighted by atomic mass is 16.6. The Kier molecular flexibility index (Phi) is 14.1. The summed E-state index contributed by atoms with van der Waals surface area (Å²) < 4.78 is 10.9. The van der Waals surface area contributed by atoms with Gasteiger partial charge in [0.25, 0.3) is 11.5 Å². The minimum absolute atomic E-state index is 0.0485. The van der Waals surface area contributed by atoms with E-state index in [1.807, 2.05) is 90.9 Å². The lowest BCUT2D eigenvalue weighted by Crippen LogP contribution is -2.48. The summed E-state index contributed by atoms with van der Waals surface area (Å²) in [7, 11) is 0. The van der Waals surface area contributed by atoms with Gasteiger partial charge < -0.3 is 35.6 Å². The number of likely N-dealkylation sites (tertiary alicyclic amines) is 1. The first kappa shape index (κ1) is 45.4. The number of anilines is 1. The summed E-state index contributed by atoms with van der Waals surface area (Å²) >= 11 is 0. The predicted octanol–water partition coefficient (Wildman–Crippen LogP) is 6.96. The number of rotatable bonds is 11. The van der Waals surface area contributed by atoms with Gasteiger partial charge in [0.1, 0.15) is 17.2 Å². The monoisotopic (exact) mass is 851 g/mol. The fourth-order valence-electron chi connectivity index (χ4n) is 8.00. The van der Waals surface area contributed by atoms with Gasteiger partial charge in [-0.05, 0) is 145 Å². The van der Waals surface area contributed by atoms with Gasteiger partial charge in [-0.2, -0.15) is 0 Å². The van der Waals surface area contributed by atoms with Crippen LogP contribution >= 0.6 is 0 Å². The van der Waals surface area contributed by atoms with Crippen LogP contribution in [0.3, 0.4) is 0 Å². The number of piperidine rings is 1. The number of carbonyl (C=O) groups excluding carboxylic acids is 5. The average Bonchev–Trinajstić information content (AvgIpc) is 3.58. The maximum atomic E-state index is 13.9. The molecular weight excluding hydrogens is 791 g/mol. The van der Waals surface area contributed by atoms with Crippen molar-refractivity contribution in [3.63, 3.8) is 0 Å². The number of alkyl carbamates (subject to hydrolysis) is 1. The first-order valence-electron chi connectivity index (χ1n) is 21.6. The number of fused-ring (bicyclic) bond motifs is 1. The topological polar surface area (TPSA) is 204 Å². The van der Waals surface area contributed by atoms with Crippen LogP contribution in [0.5, 0.6) is 0 Å². The van der Waals surface area contributed by atoms with Crippen molar-refractivity contribution in [2.45, 2.75) is 117 Å². The van der Waals surface area contributed by atoms with E-state index in [4.69, 9.17) is 9.47 Å². The van der Waals surface area contributed by atoms with Gasteiger partial charge in [-0.25, -0.2) is 9.59 Å². The van der Waals surface area contributed by atoms with E-state index in [9.17, 15) is 28.8 Å². The van der Waals surface area contributed by atoms with Crippen molar-refractivity contribution >= 4 is 46.5 Å². The Morgan fingerprint density at radius 3 is 2.13 bits per heavy atom. The normalized spacial score (nSPS) is 17.8. The number of hydrogen-bond donors (Lipinski definition) is 6. The Labute approximate surface area is 362 Å². The minimum atomic E-state index is -0.898. The molecule has 2 heterocycles. The van der Waals surface area contributed by atoms with E-state index >= 15 is 0 Å². The number of aromatic nitrogens is 2. The number of aryl methyl sites for hydroxylation is 1. The zero-order valence-electron chi connectivity index (χ0n) is 36.9. The van der Waals surface area contributed by atoms with Crippen molar-refractivity contribution in [1.82, 2.24) is 31.0 Å². The van der Waals surface area contributed by atoms with Crippen molar-refractivity contribution in [1.29, 1.82) is 0 Å². The molecule has 2 fully saturated rings. The molecule has 15 heteroatoms. The molecule has 332 valence electrons. The zero-order valence-corrected chi connectivity index (χ0v) is 36.9. The molecule has 1 atom stereocenters. The fourth-order valence-corrected chi connectivity index (χ4v) is 8.00. The molecular formula is C47H61N7O8. The first-order chi connectivity index (χ1) is 29.3. The van der Waals surface area contributed by atoms with Crippen LogP contribution in [0.4, 0.5) is 15.3 Å². The third kappa shape index (κ3) is 12.5. The molecule has 6 N–H and O–H groups in total. The van der Waals surface area contributed by atoms with E-state index in [-0.39, 0.29) is 47.8 Å². The molecule has 62 heavy (non-hydrogen) atoms. The second-order valence-corrected chi connectivity index (χ2v) is 18.6. The van der Waals surface area contributed by atoms with E-state index in [1.165, 1.54) is 0 Å².